The summed E-state index contributed by atoms with van der Waals surface area (Å²) in [5, 5.41) is 8.93. The van der Waals surface area contributed by atoms with Crippen LogP contribution in [0, 0.1) is 0 Å². The van der Waals surface area contributed by atoms with Crippen LogP contribution in [0.5, 0.6) is 0 Å². The van der Waals surface area contributed by atoms with E-state index in [2.05, 4.69) is 10.5 Å². The molecule has 0 unspecified atom stereocenters. The number of hydrogen-bond acceptors (Lipinski definition) is 5. The molecule has 1 aromatic carbocycles. The van der Waals surface area contributed by atoms with Crippen molar-refractivity contribution in [3.63, 3.8) is 0 Å². The van der Waals surface area contributed by atoms with Gasteiger partial charge < -0.3 is 4.42 Å². The molecular formula is C13H13N3O4S. The number of amides is 1. The predicted octanol–water partition coefficient (Wildman–Crippen LogP) is 1.08. The minimum Gasteiger partial charge on any atom is -0.459 e. The molecule has 2 rings (SSSR count). The molecule has 0 atom stereocenters. The highest BCUT2D eigenvalue weighted by Crippen LogP contribution is 2.09. The zero-order chi connectivity index (χ0) is 15.5. The highest BCUT2D eigenvalue weighted by atomic mass is 32.2. The first-order valence-corrected chi connectivity index (χ1v) is 7.44. The van der Waals surface area contributed by atoms with Gasteiger partial charge in [-0.3, -0.25) is 4.79 Å². The predicted molar refractivity (Wildman–Crippen MR) is 76.2 cm³/mol. The average molecular weight is 307 g/mol. The topological polar surface area (TPSA) is 115 Å². The van der Waals surface area contributed by atoms with Crippen LogP contribution in [0.2, 0.25) is 0 Å². The van der Waals surface area contributed by atoms with Gasteiger partial charge in [-0.15, -0.1) is 0 Å². The smallest absolute Gasteiger partial charge is 0.307 e. The normalized spacial score (nSPS) is 12.2. The van der Waals surface area contributed by atoms with Crippen LogP contribution in [-0.4, -0.2) is 20.0 Å². The Morgan fingerprint density at radius 3 is 2.43 bits per heavy atom. The molecule has 0 saturated heterocycles. The molecule has 0 radical (unpaired) electrons. The number of nitrogens with zero attached hydrogens (tertiary/aromatic N) is 1. The largest absolute Gasteiger partial charge is 0.459 e. The van der Waals surface area contributed by atoms with Crippen molar-refractivity contribution >= 4 is 21.6 Å². The Balaban J connectivity index is 2.11. The van der Waals surface area contributed by atoms with Crippen molar-refractivity contribution in [3.8, 4) is 0 Å². The van der Waals surface area contributed by atoms with Gasteiger partial charge in [-0.05, 0) is 36.8 Å². The lowest BCUT2D eigenvalue weighted by molar-refractivity contribution is 0.0927. The van der Waals surface area contributed by atoms with Crippen LogP contribution in [-0.2, 0) is 10.0 Å². The Kier molecular flexibility index (Phi) is 4.20. The number of carbonyl (C=O) groups is 1. The third-order valence-corrected chi connectivity index (χ3v) is 3.60. The fraction of sp³-hybridized carbons (Fsp3) is 0.0769. The Labute approximate surface area is 121 Å². The lowest BCUT2D eigenvalue weighted by atomic mass is 10.1. The van der Waals surface area contributed by atoms with Crippen LogP contribution in [0.4, 0.5) is 0 Å². The van der Waals surface area contributed by atoms with Gasteiger partial charge in [-0.25, -0.2) is 19.0 Å². The van der Waals surface area contributed by atoms with Crippen molar-refractivity contribution in [2.45, 2.75) is 11.8 Å². The van der Waals surface area contributed by atoms with Crippen LogP contribution in [0.1, 0.15) is 23.0 Å². The molecule has 8 heteroatoms. The number of benzene rings is 1. The fourth-order valence-electron chi connectivity index (χ4n) is 1.55. The van der Waals surface area contributed by atoms with E-state index in [-0.39, 0.29) is 10.7 Å². The Morgan fingerprint density at radius 2 is 1.90 bits per heavy atom. The van der Waals surface area contributed by atoms with E-state index in [1.807, 2.05) is 0 Å². The molecule has 3 N–H and O–H groups in total. The number of hydrazone groups is 1. The molecule has 2 aromatic rings. The summed E-state index contributed by atoms with van der Waals surface area (Å²) >= 11 is 0. The first-order chi connectivity index (χ1) is 9.88. The van der Waals surface area contributed by atoms with E-state index in [4.69, 9.17) is 9.56 Å². The summed E-state index contributed by atoms with van der Waals surface area (Å²) in [6, 6.07) is 8.96. The highest BCUT2D eigenvalue weighted by molar-refractivity contribution is 7.89. The van der Waals surface area contributed by atoms with Gasteiger partial charge in [0.2, 0.25) is 10.0 Å². The van der Waals surface area contributed by atoms with Gasteiger partial charge in [-0.2, -0.15) is 5.10 Å². The average Bonchev–Trinajstić information content (AvgIpc) is 2.98. The molecule has 0 bridgehead atoms. The summed E-state index contributed by atoms with van der Waals surface area (Å²) in [5.41, 5.74) is 3.51. The molecule has 0 aliphatic heterocycles. The maximum absolute atomic E-state index is 11.6. The second kappa shape index (κ2) is 5.90. The molecule has 0 spiro atoms. The van der Waals surface area contributed by atoms with Crippen LogP contribution >= 0.6 is 0 Å². The number of nitrogens with two attached hydrogens (primary N) is 1. The zero-order valence-electron chi connectivity index (χ0n) is 11.1. The third-order valence-electron chi connectivity index (χ3n) is 2.67. The second-order valence-corrected chi connectivity index (χ2v) is 5.75. The van der Waals surface area contributed by atoms with Gasteiger partial charge in [0.25, 0.3) is 0 Å². The number of hydrogen-bond donors (Lipinski definition) is 2. The number of furan rings is 1. The minimum absolute atomic E-state index is 0.0127. The summed E-state index contributed by atoms with van der Waals surface area (Å²) < 4.78 is 27.2. The van der Waals surface area contributed by atoms with E-state index in [1.54, 1.807) is 25.1 Å². The number of sulfonamides is 1. The number of rotatable bonds is 4. The molecule has 1 aromatic heterocycles. The van der Waals surface area contributed by atoms with Gasteiger partial charge in [0.1, 0.15) is 0 Å². The summed E-state index contributed by atoms with van der Waals surface area (Å²) in [4.78, 5) is 11.6. The van der Waals surface area contributed by atoms with E-state index in [9.17, 15) is 13.2 Å². The maximum atomic E-state index is 11.6. The van der Waals surface area contributed by atoms with Crippen LogP contribution in [0.3, 0.4) is 0 Å². The van der Waals surface area contributed by atoms with Gasteiger partial charge in [0, 0.05) is 0 Å². The van der Waals surface area contributed by atoms with E-state index < -0.39 is 15.9 Å². The summed E-state index contributed by atoms with van der Waals surface area (Å²) in [5.74, 6) is -0.323. The molecule has 110 valence electrons. The molecule has 21 heavy (non-hydrogen) atoms. The van der Waals surface area contributed by atoms with Gasteiger partial charge in [0.15, 0.2) is 5.76 Å². The first kappa shape index (κ1) is 14.9. The van der Waals surface area contributed by atoms with E-state index in [1.165, 1.54) is 24.5 Å². The lowest BCUT2D eigenvalue weighted by Gasteiger charge is -2.03. The summed E-state index contributed by atoms with van der Waals surface area (Å²) in [7, 11) is -3.72. The van der Waals surface area contributed by atoms with Crippen molar-refractivity contribution in [1.29, 1.82) is 0 Å². The van der Waals surface area contributed by atoms with E-state index in [0.717, 1.165) is 0 Å². The molecule has 0 aliphatic carbocycles. The van der Waals surface area contributed by atoms with Gasteiger partial charge >= 0.3 is 5.91 Å². The second-order valence-electron chi connectivity index (χ2n) is 4.18. The van der Waals surface area contributed by atoms with E-state index in [0.29, 0.717) is 11.3 Å². The number of nitrogens with one attached hydrogen (secondary N) is 1. The summed E-state index contributed by atoms with van der Waals surface area (Å²) in [6.45, 7) is 1.67. The molecule has 0 fully saturated rings. The zero-order valence-corrected chi connectivity index (χ0v) is 11.9. The Morgan fingerprint density at radius 1 is 1.24 bits per heavy atom. The monoisotopic (exact) mass is 307 g/mol. The summed E-state index contributed by atoms with van der Waals surface area (Å²) in [6.07, 6.45) is 1.39. The SMILES string of the molecule is C/C(=N\NC(=O)c1ccco1)c1ccc(S(N)(=O)=O)cc1. The van der Waals surface area contributed by atoms with Crippen molar-refractivity contribution < 1.29 is 17.6 Å². The van der Waals surface area contributed by atoms with E-state index >= 15 is 0 Å². The van der Waals surface area contributed by atoms with Crippen molar-refractivity contribution in [1.82, 2.24) is 5.43 Å². The first-order valence-electron chi connectivity index (χ1n) is 5.89. The number of carbonyl (C=O) groups excluding carboxylic acids is 1. The Hall–Kier alpha value is -2.45. The molecular weight excluding hydrogens is 294 g/mol. The number of primary sulfonamides is 1. The molecule has 0 aliphatic rings. The standard InChI is InChI=1S/C13H13N3O4S/c1-9(15-16-13(17)12-3-2-8-20-12)10-4-6-11(7-5-10)21(14,18)19/h2-8H,1H3,(H,16,17)(H2,14,18,19)/b15-9+. The molecule has 1 amide bonds. The highest BCUT2D eigenvalue weighted by Gasteiger charge is 2.09. The molecule has 0 saturated carbocycles. The van der Waals surface area contributed by atoms with Gasteiger partial charge in [-0.1, -0.05) is 12.1 Å². The van der Waals surface area contributed by atoms with Gasteiger partial charge in [0.05, 0.1) is 16.9 Å². The molecule has 1 heterocycles. The van der Waals surface area contributed by atoms with Crippen LogP contribution in [0.25, 0.3) is 0 Å². The maximum Gasteiger partial charge on any atom is 0.307 e. The minimum atomic E-state index is -3.72. The van der Waals surface area contributed by atoms with Crippen LogP contribution < -0.4 is 10.6 Å². The van der Waals surface area contributed by atoms with Crippen molar-refractivity contribution in [2.24, 2.45) is 10.2 Å². The quantitative estimate of drug-likeness (QED) is 0.649. The fourth-order valence-corrected chi connectivity index (χ4v) is 2.06. The third kappa shape index (κ3) is 3.77. The Bertz CT molecular complexity index is 762. The van der Waals surface area contributed by atoms with Crippen molar-refractivity contribution in [2.75, 3.05) is 0 Å². The van der Waals surface area contributed by atoms with Crippen LogP contribution in [0.15, 0.2) is 57.1 Å². The molecule has 7 nitrogen and oxygen atoms in total. The van der Waals surface area contributed by atoms with Crippen molar-refractivity contribution in [3.05, 3.63) is 54.0 Å². The lowest BCUT2D eigenvalue weighted by Crippen LogP contribution is -2.18.